The summed E-state index contributed by atoms with van der Waals surface area (Å²) < 4.78 is 0. The molecule has 0 amide bonds. The third-order valence-corrected chi connectivity index (χ3v) is 1.88. The van der Waals surface area contributed by atoms with Crippen molar-refractivity contribution in [2.45, 2.75) is 27.7 Å². The van der Waals surface area contributed by atoms with Crippen LogP contribution in [0.2, 0.25) is 0 Å². The molecule has 0 N–H and O–H groups in total. The van der Waals surface area contributed by atoms with Gasteiger partial charge in [-0.05, 0) is 0 Å². The fourth-order valence-corrected chi connectivity index (χ4v) is 1.06. The summed E-state index contributed by atoms with van der Waals surface area (Å²) in [5.41, 5.74) is 4.91. The summed E-state index contributed by atoms with van der Waals surface area (Å²) in [6.07, 6.45) is 0. The molecule has 0 saturated carbocycles. The van der Waals surface area contributed by atoms with Crippen molar-refractivity contribution in [1.82, 2.24) is 0 Å². The molecule has 0 aliphatic rings. The van der Waals surface area contributed by atoms with Crippen LogP contribution in [0.25, 0.3) is 0 Å². The van der Waals surface area contributed by atoms with Crippen LogP contribution in [-0.2, 0) is 458 Å². The van der Waals surface area contributed by atoms with Crippen LogP contribution in [0.4, 0.5) is 0 Å². The van der Waals surface area contributed by atoms with Crippen LogP contribution < -0.4 is 0 Å². The summed E-state index contributed by atoms with van der Waals surface area (Å²) >= 11 is 0. The predicted molar refractivity (Wildman–Crippen MR) is 43.1 cm³/mol. The van der Waals surface area contributed by atoms with E-state index >= 15 is 0 Å². The second kappa shape index (κ2) is 61.6. The van der Waals surface area contributed by atoms with E-state index in [0.29, 0.717) is 0 Å². The standard InChI is InChI=1S/C10H12.14Y/c1-7-5-8(2)10(4)9(3)6-7;;;;;;;;;;;;;;/h1-4H3;;;;;;;;;;;;;;/q-2;;;;;;;;;;;;;;. The van der Waals surface area contributed by atoms with Gasteiger partial charge in [0.25, 0.3) is 0 Å². The van der Waals surface area contributed by atoms with Gasteiger partial charge < -0.3 is 12.1 Å². The van der Waals surface area contributed by atoms with Gasteiger partial charge >= 0.3 is 0 Å². The van der Waals surface area contributed by atoms with E-state index in [1.807, 2.05) is 6.92 Å². The molecule has 14 radical (unpaired) electrons. The number of aryl methyl sites for hydroxylation is 3. The average molecular weight is 1380 g/mol. The first-order valence-electron chi connectivity index (χ1n) is 3.50. The van der Waals surface area contributed by atoms with E-state index in [4.69, 9.17) is 0 Å². The van der Waals surface area contributed by atoms with E-state index in [9.17, 15) is 0 Å². The van der Waals surface area contributed by atoms with Crippen molar-refractivity contribution in [1.29, 1.82) is 0 Å². The SMILES string of the molecule is Cc1[c-]c(C)c(C)c(C)[c-]1.[Y].[Y].[Y].[Y].[Y].[Y].[Y].[Y].[Y].[Y].[Y].[Y].[Y].[Y]. The summed E-state index contributed by atoms with van der Waals surface area (Å²) in [4.78, 5) is 0. The molecule has 14 heteroatoms. The first-order chi connectivity index (χ1) is 4.61. The minimum atomic E-state index is 0. The molecular weight excluding hydrogens is 1360 g/mol. The maximum absolute atomic E-state index is 3.22. The Kier molecular flexibility index (Phi) is 232. The summed E-state index contributed by atoms with van der Waals surface area (Å²) in [5.74, 6) is 0. The third kappa shape index (κ3) is 49.6. The Hall–Kier alpha value is 14.7. The minimum Gasteiger partial charge on any atom is -0.353 e. The number of benzene rings is 1. The molecule has 0 unspecified atom stereocenters. The molecule has 0 atom stereocenters. The monoisotopic (exact) mass is 1380 g/mol. The molecule has 0 aliphatic heterocycles. The molecule has 0 heterocycles. The average Bonchev–Trinajstić information content (AvgIpc) is 1.82. The molecule has 0 saturated heterocycles. The van der Waals surface area contributed by atoms with Crippen LogP contribution in [-0.4, -0.2) is 0 Å². The molecule has 0 nitrogen and oxygen atoms in total. The molecule has 0 bridgehead atoms. The van der Waals surface area contributed by atoms with E-state index in [-0.39, 0.29) is 458 Å². The summed E-state index contributed by atoms with van der Waals surface area (Å²) in [6, 6.07) is 6.45. The molecule has 0 spiro atoms. The van der Waals surface area contributed by atoms with Gasteiger partial charge in [0.1, 0.15) is 0 Å². The molecular formula is C10H12Y14-2. The van der Waals surface area contributed by atoms with Crippen LogP contribution in [0, 0.1) is 39.8 Å². The molecule has 0 aromatic heterocycles. The molecule has 1 rings (SSSR count). The first kappa shape index (κ1) is 90.2. The van der Waals surface area contributed by atoms with Crippen molar-refractivity contribution in [2.24, 2.45) is 0 Å². The Morgan fingerprint density at radius 1 is 0.375 bits per heavy atom. The van der Waals surface area contributed by atoms with Gasteiger partial charge in [-0.2, -0.15) is 0 Å². The van der Waals surface area contributed by atoms with E-state index < -0.39 is 0 Å². The Balaban J connectivity index is -0.00000000595. The second-order valence-electron chi connectivity index (χ2n) is 2.75. The maximum atomic E-state index is 3.22. The third-order valence-electron chi connectivity index (χ3n) is 1.88. The normalized spacial score (nSPS) is 4.17. The van der Waals surface area contributed by atoms with Crippen molar-refractivity contribution >= 4 is 0 Å². The van der Waals surface area contributed by atoms with E-state index in [0.717, 1.165) is 5.56 Å². The van der Waals surface area contributed by atoms with E-state index in [2.05, 4.69) is 32.9 Å². The fourth-order valence-electron chi connectivity index (χ4n) is 1.06. The Labute approximate surface area is 502 Å². The molecule has 1 aromatic carbocycles. The molecule has 0 aliphatic carbocycles. The van der Waals surface area contributed by atoms with Gasteiger partial charge in [-0.25, -0.2) is 0 Å². The van der Waals surface area contributed by atoms with Gasteiger partial charge in [-0.15, -0.1) is 6.92 Å². The van der Waals surface area contributed by atoms with Crippen molar-refractivity contribution in [3.63, 3.8) is 0 Å². The molecule has 0 fully saturated rings. The summed E-state index contributed by atoms with van der Waals surface area (Å²) in [7, 11) is 0. The Morgan fingerprint density at radius 3 is 0.708 bits per heavy atom. The summed E-state index contributed by atoms with van der Waals surface area (Å²) in [6.45, 7) is 8.31. The molecule has 96 valence electrons. The number of hydrogen-bond acceptors (Lipinski definition) is 0. The van der Waals surface area contributed by atoms with Crippen molar-refractivity contribution < 1.29 is 458 Å². The first-order valence-corrected chi connectivity index (χ1v) is 3.50. The van der Waals surface area contributed by atoms with Gasteiger partial charge in [-0.1, -0.05) is 20.8 Å². The van der Waals surface area contributed by atoms with E-state index in [1.165, 1.54) is 16.7 Å². The smallest absolute Gasteiger partial charge is 0 e. The van der Waals surface area contributed by atoms with Crippen LogP contribution >= 0.6 is 0 Å². The Bertz CT molecular complexity index is 247. The summed E-state index contributed by atoms with van der Waals surface area (Å²) in [5, 5.41) is 0. The van der Waals surface area contributed by atoms with Gasteiger partial charge in [0.15, 0.2) is 0 Å². The molecule has 1 aromatic rings. The number of rotatable bonds is 0. The van der Waals surface area contributed by atoms with Crippen molar-refractivity contribution in [3.05, 3.63) is 34.4 Å². The van der Waals surface area contributed by atoms with Gasteiger partial charge in [-0.3, -0.25) is 22.3 Å². The van der Waals surface area contributed by atoms with Gasteiger partial charge in [0.05, 0.1) is 0 Å². The van der Waals surface area contributed by atoms with Crippen LogP contribution in [0.3, 0.4) is 0 Å². The zero-order valence-corrected chi connectivity index (χ0v) is 54.8. The Morgan fingerprint density at radius 2 is 0.542 bits per heavy atom. The predicted octanol–water partition coefficient (Wildman–Crippen LogP) is 2.49. The van der Waals surface area contributed by atoms with Crippen molar-refractivity contribution in [2.75, 3.05) is 0 Å². The zero-order valence-electron chi connectivity index (χ0n) is 15.1. The number of hydrogen-bond donors (Lipinski definition) is 0. The quantitative estimate of drug-likeness (QED) is 0.351. The van der Waals surface area contributed by atoms with Crippen LogP contribution in [0.15, 0.2) is 0 Å². The second-order valence-corrected chi connectivity index (χ2v) is 2.75. The molecule has 24 heavy (non-hydrogen) atoms. The topological polar surface area (TPSA) is 0 Å². The zero-order chi connectivity index (χ0) is 7.72. The van der Waals surface area contributed by atoms with Crippen LogP contribution in [0.5, 0.6) is 0 Å². The fraction of sp³-hybridized carbons (Fsp3) is 0.400. The van der Waals surface area contributed by atoms with Gasteiger partial charge in [0.2, 0.25) is 0 Å². The van der Waals surface area contributed by atoms with Crippen molar-refractivity contribution in [3.8, 4) is 0 Å². The largest absolute Gasteiger partial charge is 0.353 e. The maximum Gasteiger partial charge on any atom is 0 e. The van der Waals surface area contributed by atoms with Gasteiger partial charge in [0, 0.05) is 458 Å². The van der Waals surface area contributed by atoms with Crippen LogP contribution in [0.1, 0.15) is 22.3 Å². The minimum absolute atomic E-state index is 0. The van der Waals surface area contributed by atoms with E-state index in [1.54, 1.807) is 0 Å².